The van der Waals surface area contributed by atoms with Crippen molar-refractivity contribution in [3.8, 4) is 0 Å². The van der Waals surface area contributed by atoms with Crippen LogP contribution in [0.1, 0.15) is 37.0 Å². The van der Waals surface area contributed by atoms with Crippen LogP contribution in [0.15, 0.2) is 47.3 Å². The van der Waals surface area contributed by atoms with Crippen LogP contribution in [0.5, 0.6) is 0 Å². The molecule has 26 heavy (non-hydrogen) atoms. The summed E-state index contributed by atoms with van der Waals surface area (Å²) in [5.41, 5.74) is 1.11. The second-order valence-corrected chi connectivity index (χ2v) is 7.26. The Morgan fingerprint density at radius 2 is 2.15 bits per heavy atom. The summed E-state index contributed by atoms with van der Waals surface area (Å²) in [6.45, 7) is 3.33. The Bertz CT molecular complexity index is 709. The van der Waals surface area contributed by atoms with Gasteiger partial charge in [-0.3, -0.25) is 14.7 Å². The Balaban J connectivity index is 1.25. The van der Waals surface area contributed by atoms with E-state index in [1.165, 1.54) is 5.56 Å². The molecule has 2 aliphatic rings. The van der Waals surface area contributed by atoms with Gasteiger partial charge in [-0.05, 0) is 49.4 Å². The molecule has 4 heterocycles. The zero-order valence-corrected chi connectivity index (χ0v) is 14.9. The van der Waals surface area contributed by atoms with Crippen molar-refractivity contribution in [2.24, 2.45) is 0 Å². The molecule has 0 saturated carbocycles. The summed E-state index contributed by atoms with van der Waals surface area (Å²) in [7, 11) is 0. The third-order valence-electron chi connectivity index (χ3n) is 5.46. The zero-order chi connectivity index (χ0) is 17.8. The number of carbonyl (C=O) groups is 1. The van der Waals surface area contributed by atoms with Crippen LogP contribution in [0.25, 0.3) is 0 Å². The minimum Gasteiger partial charge on any atom is -0.467 e. The Hall–Kier alpha value is -2.18. The maximum atomic E-state index is 12.4. The van der Waals surface area contributed by atoms with E-state index in [0.717, 1.165) is 51.1 Å². The first-order valence-corrected chi connectivity index (χ1v) is 9.32. The number of pyridine rings is 1. The molecule has 0 radical (unpaired) electrons. The number of rotatable bonds is 5. The van der Waals surface area contributed by atoms with Crippen LogP contribution in [0.3, 0.4) is 0 Å². The molecule has 0 unspecified atom stereocenters. The summed E-state index contributed by atoms with van der Waals surface area (Å²) in [6.07, 6.45) is 8.73. The summed E-state index contributed by atoms with van der Waals surface area (Å²) < 4.78 is 11.5. The van der Waals surface area contributed by atoms with Crippen LogP contribution in [-0.2, 0) is 22.6 Å². The van der Waals surface area contributed by atoms with Crippen LogP contribution < -0.4 is 5.32 Å². The van der Waals surface area contributed by atoms with Crippen LogP contribution in [-0.4, -0.2) is 40.6 Å². The van der Waals surface area contributed by atoms with E-state index in [-0.39, 0.29) is 17.6 Å². The van der Waals surface area contributed by atoms with Crippen molar-refractivity contribution in [2.45, 2.75) is 50.5 Å². The van der Waals surface area contributed by atoms with Gasteiger partial charge in [0, 0.05) is 32.0 Å². The lowest BCUT2D eigenvalue weighted by molar-refractivity contribution is -0.141. The summed E-state index contributed by atoms with van der Waals surface area (Å²) in [5.74, 6) is 0.728. The third kappa shape index (κ3) is 3.97. The molecule has 6 nitrogen and oxygen atoms in total. The monoisotopic (exact) mass is 355 g/mol. The maximum absolute atomic E-state index is 12.4. The van der Waals surface area contributed by atoms with Gasteiger partial charge in [0.25, 0.3) is 0 Å². The lowest BCUT2D eigenvalue weighted by Crippen LogP contribution is -2.45. The fourth-order valence-electron chi connectivity index (χ4n) is 3.94. The molecular formula is C20H25N3O3. The number of furan rings is 1. The van der Waals surface area contributed by atoms with Crippen molar-refractivity contribution in [3.63, 3.8) is 0 Å². The van der Waals surface area contributed by atoms with E-state index in [4.69, 9.17) is 9.15 Å². The second-order valence-electron chi connectivity index (χ2n) is 7.26. The van der Waals surface area contributed by atoms with Crippen molar-refractivity contribution in [1.82, 2.24) is 15.2 Å². The molecule has 2 fully saturated rings. The zero-order valence-electron chi connectivity index (χ0n) is 14.9. The molecule has 1 spiro atoms. The van der Waals surface area contributed by atoms with E-state index < -0.39 is 0 Å². The third-order valence-corrected chi connectivity index (χ3v) is 5.46. The quantitative estimate of drug-likeness (QED) is 0.893. The molecular weight excluding hydrogens is 330 g/mol. The minimum atomic E-state index is -0.338. The largest absolute Gasteiger partial charge is 0.467 e. The molecule has 0 aromatic carbocycles. The van der Waals surface area contributed by atoms with Gasteiger partial charge in [0.1, 0.15) is 11.9 Å². The summed E-state index contributed by atoms with van der Waals surface area (Å²) in [5, 5.41) is 2.92. The highest BCUT2D eigenvalue weighted by atomic mass is 16.5. The average molecular weight is 355 g/mol. The van der Waals surface area contributed by atoms with Gasteiger partial charge in [-0.2, -0.15) is 0 Å². The van der Waals surface area contributed by atoms with E-state index in [9.17, 15) is 4.79 Å². The molecule has 1 amide bonds. The van der Waals surface area contributed by atoms with Crippen LogP contribution >= 0.6 is 0 Å². The minimum absolute atomic E-state index is 0.0314. The first-order valence-electron chi connectivity index (χ1n) is 9.32. The summed E-state index contributed by atoms with van der Waals surface area (Å²) in [6, 6.07) is 7.77. The summed E-state index contributed by atoms with van der Waals surface area (Å²) >= 11 is 0. The molecule has 0 bridgehead atoms. The van der Waals surface area contributed by atoms with Gasteiger partial charge in [-0.1, -0.05) is 6.07 Å². The number of amides is 1. The Kier molecular flexibility index (Phi) is 5.04. The molecule has 0 aliphatic carbocycles. The van der Waals surface area contributed by atoms with Crippen molar-refractivity contribution in [1.29, 1.82) is 0 Å². The number of hydrogen-bond acceptors (Lipinski definition) is 5. The number of piperidine rings is 1. The molecule has 2 aliphatic heterocycles. The van der Waals surface area contributed by atoms with Gasteiger partial charge < -0.3 is 14.5 Å². The normalized spacial score (nSPS) is 22.5. The Morgan fingerprint density at radius 1 is 1.27 bits per heavy atom. The highest BCUT2D eigenvalue weighted by Gasteiger charge is 2.44. The topological polar surface area (TPSA) is 67.6 Å². The highest BCUT2D eigenvalue weighted by molar-refractivity contribution is 5.81. The fourth-order valence-corrected chi connectivity index (χ4v) is 3.94. The van der Waals surface area contributed by atoms with Gasteiger partial charge in [-0.25, -0.2) is 0 Å². The number of carbonyl (C=O) groups excluding carboxylic acids is 1. The predicted octanol–water partition coefficient (Wildman–Crippen LogP) is 2.50. The molecule has 1 atom stereocenters. The van der Waals surface area contributed by atoms with Crippen LogP contribution in [0.2, 0.25) is 0 Å². The van der Waals surface area contributed by atoms with E-state index in [1.807, 2.05) is 24.4 Å². The van der Waals surface area contributed by atoms with Crippen molar-refractivity contribution >= 4 is 5.91 Å². The predicted molar refractivity (Wildman–Crippen MR) is 96.1 cm³/mol. The lowest BCUT2D eigenvalue weighted by Gasteiger charge is -2.39. The molecule has 6 heteroatoms. The van der Waals surface area contributed by atoms with Gasteiger partial charge in [0.05, 0.1) is 18.4 Å². The number of ether oxygens (including phenoxy) is 1. The van der Waals surface area contributed by atoms with Gasteiger partial charge >= 0.3 is 0 Å². The standard InChI is InChI=1S/C20H25N3O3/c24-19(22-14-17-4-2-12-25-17)18-5-6-20(26-18)7-10-23(11-8-20)15-16-3-1-9-21-13-16/h1-4,9,12-13,18H,5-8,10-11,14-15H2,(H,22,24)/t18-/m1/s1. The Labute approximate surface area is 153 Å². The second kappa shape index (κ2) is 7.60. The van der Waals surface area contributed by atoms with Crippen molar-refractivity contribution in [2.75, 3.05) is 13.1 Å². The molecule has 2 aromatic heterocycles. The van der Waals surface area contributed by atoms with Gasteiger partial charge in [0.2, 0.25) is 5.91 Å². The number of aromatic nitrogens is 1. The smallest absolute Gasteiger partial charge is 0.249 e. The van der Waals surface area contributed by atoms with Crippen molar-refractivity contribution in [3.05, 3.63) is 54.2 Å². The highest BCUT2D eigenvalue weighted by Crippen LogP contribution is 2.39. The lowest BCUT2D eigenvalue weighted by atomic mass is 9.88. The van der Waals surface area contributed by atoms with Crippen LogP contribution in [0, 0.1) is 0 Å². The number of hydrogen-bond donors (Lipinski definition) is 1. The van der Waals surface area contributed by atoms with E-state index in [2.05, 4.69) is 21.3 Å². The molecule has 4 rings (SSSR count). The van der Waals surface area contributed by atoms with Crippen LogP contribution in [0.4, 0.5) is 0 Å². The maximum Gasteiger partial charge on any atom is 0.249 e. The molecule has 2 aromatic rings. The first kappa shape index (κ1) is 17.2. The number of nitrogens with one attached hydrogen (secondary N) is 1. The molecule has 138 valence electrons. The molecule has 1 N–H and O–H groups in total. The van der Waals surface area contributed by atoms with Crippen molar-refractivity contribution < 1.29 is 13.9 Å². The van der Waals surface area contributed by atoms with E-state index >= 15 is 0 Å². The molecule has 2 saturated heterocycles. The Morgan fingerprint density at radius 3 is 2.88 bits per heavy atom. The van der Waals surface area contributed by atoms with E-state index in [0.29, 0.717) is 6.54 Å². The first-order chi connectivity index (χ1) is 12.7. The van der Waals surface area contributed by atoms with E-state index in [1.54, 1.807) is 12.5 Å². The number of nitrogens with zero attached hydrogens (tertiary/aromatic N) is 2. The average Bonchev–Trinajstić information content (AvgIpc) is 3.33. The SMILES string of the molecule is O=C(NCc1ccco1)[C@H]1CCC2(CCN(Cc3cccnc3)CC2)O1. The van der Waals surface area contributed by atoms with Gasteiger partial charge in [-0.15, -0.1) is 0 Å². The van der Waals surface area contributed by atoms with Gasteiger partial charge in [0.15, 0.2) is 0 Å². The summed E-state index contributed by atoms with van der Waals surface area (Å²) in [4.78, 5) is 19.0. The number of likely N-dealkylation sites (tertiary alicyclic amines) is 1. The fraction of sp³-hybridized carbons (Fsp3) is 0.500.